The predicted molar refractivity (Wildman–Crippen MR) is 80.9 cm³/mol. The molecule has 0 spiro atoms. The zero-order valence-electron chi connectivity index (χ0n) is 12.5. The summed E-state index contributed by atoms with van der Waals surface area (Å²) in [5, 5.41) is 3.33. The number of hydrogen-bond acceptors (Lipinski definition) is 4. The van der Waals surface area contributed by atoms with Gasteiger partial charge >= 0.3 is 0 Å². The van der Waals surface area contributed by atoms with Crippen molar-refractivity contribution in [3.8, 4) is 0 Å². The first-order valence-corrected chi connectivity index (χ1v) is 7.64. The van der Waals surface area contributed by atoms with Gasteiger partial charge in [-0.2, -0.15) is 0 Å². The fourth-order valence-corrected chi connectivity index (χ4v) is 3.04. The minimum Gasteiger partial charge on any atom is -0.379 e. The number of amides is 1. The molecule has 2 fully saturated rings. The fourth-order valence-electron chi connectivity index (χ4n) is 3.04. The van der Waals surface area contributed by atoms with E-state index >= 15 is 0 Å². The van der Waals surface area contributed by atoms with E-state index in [1.54, 1.807) is 0 Å². The summed E-state index contributed by atoms with van der Waals surface area (Å²) < 4.78 is 5.36. The molecule has 1 amide bonds. The lowest BCUT2D eigenvalue weighted by atomic mass is 10.1. The highest BCUT2D eigenvalue weighted by Gasteiger charge is 2.32. The van der Waals surface area contributed by atoms with Crippen LogP contribution in [0.25, 0.3) is 0 Å². The maximum atomic E-state index is 12.2. The van der Waals surface area contributed by atoms with Crippen molar-refractivity contribution in [2.75, 3.05) is 45.9 Å². The molecule has 1 atom stereocenters. The SMILES string of the molecule is Cc1ccccc1C1NCC(=O)N1CCN1CCOCC1. The van der Waals surface area contributed by atoms with Gasteiger partial charge in [-0.25, -0.2) is 0 Å². The van der Waals surface area contributed by atoms with Crippen LogP contribution in [0, 0.1) is 6.92 Å². The minimum atomic E-state index is 0.0136. The summed E-state index contributed by atoms with van der Waals surface area (Å²) in [6.45, 7) is 7.74. The maximum absolute atomic E-state index is 12.2. The standard InChI is InChI=1S/C16H23N3O2/c1-13-4-2-3-5-14(13)16-17-12-15(20)19(16)7-6-18-8-10-21-11-9-18/h2-5,16-17H,6-12H2,1H3. The zero-order valence-corrected chi connectivity index (χ0v) is 12.5. The summed E-state index contributed by atoms with van der Waals surface area (Å²) in [6.07, 6.45) is 0.0136. The third-order valence-corrected chi connectivity index (χ3v) is 4.32. The Bertz CT molecular complexity index is 500. The minimum absolute atomic E-state index is 0.0136. The van der Waals surface area contributed by atoms with E-state index in [0.717, 1.165) is 39.4 Å². The van der Waals surface area contributed by atoms with E-state index in [0.29, 0.717) is 6.54 Å². The van der Waals surface area contributed by atoms with Gasteiger partial charge in [0.05, 0.1) is 19.8 Å². The third-order valence-electron chi connectivity index (χ3n) is 4.32. The Hall–Kier alpha value is -1.43. The van der Waals surface area contributed by atoms with Crippen molar-refractivity contribution in [3.05, 3.63) is 35.4 Å². The largest absolute Gasteiger partial charge is 0.379 e. The molecule has 21 heavy (non-hydrogen) atoms. The molecule has 0 aromatic heterocycles. The second-order valence-corrected chi connectivity index (χ2v) is 5.68. The molecule has 2 heterocycles. The Labute approximate surface area is 125 Å². The molecule has 0 radical (unpaired) electrons. The number of rotatable bonds is 4. The monoisotopic (exact) mass is 289 g/mol. The van der Waals surface area contributed by atoms with Crippen LogP contribution < -0.4 is 5.32 Å². The highest BCUT2D eigenvalue weighted by molar-refractivity contribution is 5.81. The Morgan fingerprint density at radius 2 is 2.00 bits per heavy atom. The average molecular weight is 289 g/mol. The van der Waals surface area contributed by atoms with Crippen LogP contribution in [0.5, 0.6) is 0 Å². The molecule has 0 bridgehead atoms. The van der Waals surface area contributed by atoms with Crippen LogP contribution in [0.1, 0.15) is 17.3 Å². The quantitative estimate of drug-likeness (QED) is 0.889. The number of nitrogens with one attached hydrogen (secondary N) is 1. The highest BCUT2D eigenvalue weighted by Crippen LogP contribution is 2.24. The maximum Gasteiger partial charge on any atom is 0.238 e. The topological polar surface area (TPSA) is 44.8 Å². The molecule has 2 aliphatic rings. The first-order valence-electron chi connectivity index (χ1n) is 7.64. The number of aryl methyl sites for hydroxylation is 1. The molecule has 2 aliphatic heterocycles. The molecule has 0 aliphatic carbocycles. The molecule has 1 unspecified atom stereocenters. The molecule has 1 aromatic carbocycles. The number of benzene rings is 1. The predicted octanol–water partition coefficient (Wildman–Crippen LogP) is 0.758. The summed E-state index contributed by atoms with van der Waals surface area (Å²) >= 11 is 0. The van der Waals surface area contributed by atoms with E-state index < -0.39 is 0 Å². The normalized spacial score (nSPS) is 23.8. The Morgan fingerprint density at radius 3 is 2.76 bits per heavy atom. The van der Waals surface area contributed by atoms with Crippen molar-refractivity contribution in [2.24, 2.45) is 0 Å². The third kappa shape index (κ3) is 3.26. The van der Waals surface area contributed by atoms with Gasteiger partial charge in [0.1, 0.15) is 6.17 Å². The molecule has 2 saturated heterocycles. The first kappa shape index (κ1) is 14.5. The Balaban J connectivity index is 1.66. The molecule has 1 N–H and O–H groups in total. The van der Waals surface area contributed by atoms with Gasteiger partial charge in [0, 0.05) is 26.2 Å². The van der Waals surface area contributed by atoms with Gasteiger partial charge in [-0.3, -0.25) is 15.0 Å². The van der Waals surface area contributed by atoms with Gasteiger partial charge in [-0.15, -0.1) is 0 Å². The molecule has 1 aromatic rings. The number of carbonyl (C=O) groups is 1. The van der Waals surface area contributed by atoms with E-state index in [4.69, 9.17) is 4.74 Å². The number of nitrogens with zero attached hydrogens (tertiary/aromatic N) is 2. The Morgan fingerprint density at radius 1 is 1.24 bits per heavy atom. The first-order chi connectivity index (χ1) is 10.3. The lowest BCUT2D eigenvalue weighted by Crippen LogP contribution is -2.42. The molecule has 114 valence electrons. The van der Waals surface area contributed by atoms with Crippen molar-refractivity contribution in [3.63, 3.8) is 0 Å². The van der Waals surface area contributed by atoms with Gasteiger partial charge in [-0.1, -0.05) is 24.3 Å². The van der Waals surface area contributed by atoms with Gasteiger partial charge < -0.3 is 9.64 Å². The zero-order chi connectivity index (χ0) is 14.7. The van der Waals surface area contributed by atoms with Crippen LogP contribution >= 0.6 is 0 Å². The van der Waals surface area contributed by atoms with Crippen LogP contribution in [0.2, 0.25) is 0 Å². The summed E-state index contributed by atoms with van der Waals surface area (Å²) in [6, 6.07) is 8.27. The Kier molecular flexibility index (Phi) is 4.53. The lowest BCUT2D eigenvalue weighted by molar-refractivity contribution is -0.128. The van der Waals surface area contributed by atoms with E-state index in [1.807, 2.05) is 17.0 Å². The second kappa shape index (κ2) is 6.56. The lowest BCUT2D eigenvalue weighted by Gasteiger charge is -2.31. The van der Waals surface area contributed by atoms with E-state index in [1.165, 1.54) is 11.1 Å². The smallest absolute Gasteiger partial charge is 0.238 e. The van der Waals surface area contributed by atoms with Crippen LogP contribution in [-0.4, -0.2) is 61.6 Å². The van der Waals surface area contributed by atoms with Crippen molar-refractivity contribution >= 4 is 5.91 Å². The number of carbonyl (C=O) groups excluding carboxylic acids is 1. The van der Waals surface area contributed by atoms with Crippen LogP contribution in [0.3, 0.4) is 0 Å². The molecule has 5 heteroatoms. The average Bonchev–Trinajstić information content (AvgIpc) is 2.88. The van der Waals surface area contributed by atoms with Gasteiger partial charge in [0.2, 0.25) is 5.91 Å². The summed E-state index contributed by atoms with van der Waals surface area (Å²) in [5.74, 6) is 0.191. The van der Waals surface area contributed by atoms with Crippen LogP contribution in [0.4, 0.5) is 0 Å². The van der Waals surface area contributed by atoms with E-state index in [-0.39, 0.29) is 12.1 Å². The molecule has 3 rings (SSSR count). The fraction of sp³-hybridized carbons (Fsp3) is 0.562. The summed E-state index contributed by atoms with van der Waals surface area (Å²) in [7, 11) is 0. The van der Waals surface area contributed by atoms with E-state index in [2.05, 4.69) is 29.3 Å². The van der Waals surface area contributed by atoms with Crippen LogP contribution in [-0.2, 0) is 9.53 Å². The van der Waals surface area contributed by atoms with Crippen molar-refractivity contribution < 1.29 is 9.53 Å². The molecule has 0 saturated carbocycles. The van der Waals surface area contributed by atoms with E-state index in [9.17, 15) is 4.79 Å². The van der Waals surface area contributed by atoms with Gasteiger partial charge in [-0.05, 0) is 18.1 Å². The van der Waals surface area contributed by atoms with Gasteiger partial charge in [0.15, 0.2) is 0 Å². The number of morpholine rings is 1. The van der Waals surface area contributed by atoms with Crippen molar-refractivity contribution in [2.45, 2.75) is 13.1 Å². The number of hydrogen-bond donors (Lipinski definition) is 1. The second-order valence-electron chi connectivity index (χ2n) is 5.68. The number of ether oxygens (including phenoxy) is 1. The summed E-state index contributed by atoms with van der Waals surface area (Å²) in [4.78, 5) is 16.5. The molecular formula is C16H23N3O2. The molecule has 5 nitrogen and oxygen atoms in total. The summed E-state index contributed by atoms with van der Waals surface area (Å²) in [5.41, 5.74) is 2.42. The van der Waals surface area contributed by atoms with Gasteiger partial charge in [0.25, 0.3) is 0 Å². The van der Waals surface area contributed by atoms with Crippen molar-refractivity contribution in [1.29, 1.82) is 0 Å². The highest BCUT2D eigenvalue weighted by atomic mass is 16.5. The van der Waals surface area contributed by atoms with Crippen LogP contribution in [0.15, 0.2) is 24.3 Å². The van der Waals surface area contributed by atoms with Crippen molar-refractivity contribution in [1.82, 2.24) is 15.1 Å². The molecular weight excluding hydrogens is 266 g/mol.